The zero-order chi connectivity index (χ0) is 17.8. The average Bonchev–Trinajstić information content (AvgIpc) is 2.75. The van der Waals surface area contributed by atoms with Crippen LogP contribution in [0.4, 0.5) is 0 Å². The Morgan fingerprint density at radius 3 is 1.58 bits per heavy atom. The summed E-state index contributed by atoms with van der Waals surface area (Å²) in [6.07, 6.45) is 1.07. The molecule has 0 aliphatic rings. The van der Waals surface area contributed by atoms with Crippen LogP contribution < -0.4 is 0 Å². The molecule has 0 atom stereocenters. The van der Waals surface area contributed by atoms with Gasteiger partial charge in [0.2, 0.25) is 21.1 Å². The molecule has 0 unspecified atom stereocenters. The molecule has 0 radical (unpaired) electrons. The van der Waals surface area contributed by atoms with Gasteiger partial charge in [0, 0.05) is 23.3 Å². The van der Waals surface area contributed by atoms with E-state index in [0.29, 0.717) is 0 Å². The van der Waals surface area contributed by atoms with Gasteiger partial charge in [-0.25, -0.2) is 0 Å². The van der Waals surface area contributed by atoms with Crippen LogP contribution in [0.15, 0.2) is 97.1 Å². The van der Waals surface area contributed by atoms with Crippen LogP contribution >= 0.6 is 11.3 Å². The first-order chi connectivity index (χ1) is 12.8. The molecule has 0 spiro atoms. The highest BCUT2D eigenvalue weighted by Crippen LogP contribution is 2.37. The van der Waals surface area contributed by atoms with Crippen LogP contribution in [-0.4, -0.2) is 0 Å². The average molecular weight is 354 g/mol. The number of aryl methyl sites for hydroxylation is 1. The predicted octanol–water partition coefficient (Wildman–Crippen LogP) is 7.59. The molecule has 0 amide bonds. The van der Waals surface area contributed by atoms with Crippen molar-refractivity contribution in [1.82, 2.24) is 0 Å². The molecule has 0 N–H and O–H groups in total. The summed E-state index contributed by atoms with van der Waals surface area (Å²) in [5, 5.41) is 0. The predicted molar refractivity (Wildman–Crippen MR) is 114 cm³/mol. The van der Waals surface area contributed by atoms with Crippen molar-refractivity contribution >= 4 is 11.3 Å². The monoisotopic (exact) mass is 353 g/mol. The summed E-state index contributed by atoms with van der Waals surface area (Å²) in [7, 11) is 0. The van der Waals surface area contributed by atoms with Crippen molar-refractivity contribution in [2.75, 3.05) is 0 Å². The van der Waals surface area contributed by atoms with Crippen molar-refractivity contribution in [2.45, 2.75) is 13.3 Å². The van der Waals surface area contributed by atoms with Crippen LogP contribution in [0.25, 0.3) is 32.0 Å². The zero-order valence-electron chi connectivity index (χ0n) is 14.9. The van der Waals surface area contributed by atoms with Gasteiger partial charge >= 0.3 is 0 Å². The Kier molecular flexibility index (Phi) is 4.90. The van der Waals surface area contributed by atoms with Crippen molar-refractivity contribution in [2.24, 2.45) is 0 Å². The molecule has 3 aromatic carbocycles. The molecule has 0 nitrogen and oxygen atoms in total. The van der Waals surface area contributed by atoms with Crippen LogP contribution in [0, 0.1) is 0 Å². The maximum atomic E-state index is 2.31. The highest BCUT2D eigenvalue weighted by Gasteiger charge is 2.19. The molecule has 0 bridgehead atoms. The van der Waals surface area contributed by atoms with Crippen LogP contribution in [0.2, 0.25) is 0 Å². The standard InChI is InChI=1S/C25H21S/c1-2-19-13-15-22(16-14-19)25-18-23(20-9-5-3-6-10-20)17-24(26-25)21-11-7-4-8-12-21/h3-18H,2H2,1H3/q+1. The minimum absolute atomic E-state index is 1.07. The lowest BCUT2D eigenvalue weighted by Crippen LogP contribution is -1.84. The van der Waals surface area contributed by atoms with Crippen molar-refractivity contribution < 1.29 is 0 Å². The zero-order valence-corrected chi connectivity index (χ0v) is 15.7. The summed E-state index contributed by atoms with van der Waals surface area (Å²) in [5.41, 5.74) is 6.44. The lowest BCUT2D eigenvalue weighted by atomic mass is 10.0. The van der Waals surface area contributed by atoms with E-state index in [1.165, 1.54) is 37.6 Å². The van der Waals surface area contributed by atoms with Crippen molar-refractivity contribution in [3.63, 3.8) is 0 Å². The lowest BCUT2D eigenvalue weighted by molar-refractivity contribution is 1.14. The van der Waals surface area contributed by atoms with Gasteiger partial charge in [-0.2, -0.15) is 0 Å². The molecule has 0 saturated heterocycles. The van der Waals surface area contributed by atoms with E-state index >= 15 is 0 Å². The van der Waals surface area contributed by atoms with E-state index in [1.54, 1.807) is 0 Å². The van der Waals surface area contributed by atoms with Crippen LogP contribution in [0.5, 0.6) is 0 Å². The Hall–Kier alpha value is -2.77. The molecule has 1 heterocycles. The Labute approximate surface area is 159 Å². The van der Waals surface area contributed by atoms with E-state index in [9.17, 15) is 0 Å². The maximum Gasteiger partial charge on any atom is 0.239 e. The molecule has 26 heavy (non-hydrogen) atoms. The summed E-state index contributed by atoms with van der Waals surface area (Å²) < 4.78 is 0. The molecule has 0 saturated carbocycles. The van der Waals surface area contributed by atoms with E-state index < -0.39 is 0 Å². The first-order valence-corrected chi connectivity index (χ1v) is 9.83. The lowest BCUT2D eigenvalue weighted by Gasteiger charge is -2.03. The number of benzene rings is 3. The van der Waals surface area contributed by atoms with Crippen molar-refractivity contribution in [1.29, 1.82) is 0 Å². The molecule has 1 heteroatoms. The molecule has 0 fully saturated rings. The minimum Gasteiger partial charge on any atom is -0.0622 e. The van der Waals surface area contributed by atoms with Gasteiger partial charge in [-0.3, -0.25) is 0 Å². The second-order valence-corrected chi connectivity index (χ2v) is 7.44. The first-order valence-electron chi connectivity index (χ1n) is 9.02. The van der Waals surface area contributed by atoms with Crippen LogP contribution in [-0.2, 0) is 6.42 Å². The fourth-order valence-electron chi connectivity index (χ4n) is 3.09. The van der Waals surface area contributed by atoms with E-state index in [2.05, 4.69) is 104 Å². The quantitative estimate of drug-likeness (QED) is 0.331. The molecule has 0 aliphatic carbocycles. The molecular weight excluding hydrogens is 332 g/mol. The van der Waals surface area contributed by atoms with Gasteiger partial charge in [0.15, 0.2) is 0 Å². The third kappa shape index (κ3) is 3.58. The second-order valence-electron chi connectivity index (χ2n) is 6.36. The number of hydrogen-bond donors (Lipinski definition) is 0. The molecule has 0 aliphatic heterocycles. The molecular formula is C25H21S+. The Morgan fingerprint density at radius 1 is 0.538 bits per heavy atom. The normalized spacial score (nSPS) is 10.7. The molecule has 4 aromatic rings. The Bertz CT molecular complexity index is 929. The highest BCUT2D eigenvalue weighted by molar-refractivity contribution is 7.18. The third-order valence-electron chi connectivity index (χ3n) is 4.61. The number of rotatable bonds is 4. The van der Waals surface area contributed by atoms with Crippen molar-refractivity contribution in [3.8, 4) is 32.0 Å². The molecule has 126 valence electrons. The molecule has 1 aromatic heterocycles. The molecule has 4 rings (SSSR count). The fraction of sp³-hybridized carbons (Fsp3) is 0.0800. The van der Waals surface area contributed by atoms with E-state index in [4.69, 9.17) is 0 Å². The Morgan fingerprint density at radius 2 is 1.04 bits per heavy atom. The van der Waals surface area contributed by atoms with Crippen LogP contribution in [0.1, 0.15) is 12.5 Å². The van der Waals surface area contributed by atoms with E-state index in [-0.39, 0.29) is 0 Å². The van der Waals surface area contributed by atoms with Gasteiger partial charge in [-0.05, 0) is 47.4 Å². The minimum atomic E-state index is 1.07. The smallest absolute Gasteiger partial charge is 0.0622 e. The topological polar surface area (TPSA) is 0 Å². The van der Waals surface area contributed by atoms with Gasteiger partial charge in [0.25, 0.3) is 0 Å². The van der Waals surface area contributed by atoms with Gasteiger partial charge in [-0.15, -0.1) is 0 Å². The van der Waals surface area contributed by atoms with E-state index in [1.807, 2.05) is 11.3 Å². The second kappa shape index (κ2) is 7.63. The highest BCUT2D eigenvalue weighted by atomic mass is 32.1. The summed E-state index contributed by atoms with van der Waals surface area (Å²) in [4.78, 5) is 2.59. The summed E-state index contributed by atoms with van der Waals surface area (Å²) in [6.45, 7) is 2.20. The van der Waals surface area contributed by atoms with Gasteiger partial charge < -0.3 is 0 Å². The summed E-state index contributed by atoms with van der Waals surface area (Å²) >= 11 is 1.85. The van der Waals surface area contributed by atoms with Crippen LogP contribution in [0.3, 0.4) is 0 Å². The number of hydrogen-bond acceptors (Lipinski definition) is 0. The third-order valence-corrected chi connectivity index (χ3v) is 5.75. The SMILES string of the molecule is CCc1ccc(-c2cc(-c3ccccc3)cc(-c3ccccc3)[s+]2)cc1. The largest absolute Gasteiger partial charge is 0.239 e. The summed E-state index contributed by atoms with van der Waals surface area (Å²) in [6, 6.07) is 34.9. The van der Waals surface area contributed by atoms with E-state index in [0.717, 1.165) is 6.42 Å². The van der Waals surface area contributed by atoms with Crippen molar-refractivity contribution in [3.05, 3.63) is 103 Å². The first kappa shape index (κ1) is 16.7. The van der Waals surface area contributed by atoms with Gasteiger partial charge in [0.1, 0.15) is 0 Å². The van der Waals surface area contributed by atoms with Gasteiger partial charge in [-0.1, -0.05) is 67.6 Å². The van der Waals surface area contributed by atoms with Gasteiger partial charge in [0.05, 0.1) is 0 Å². The fourth-order valence-corrected chi connectivity index (χ4v) is 4.21. The Balaban J connectivity index is 1.87. The maximum absolute atomic E-state index is 2.31. The summed E-state index contributed by atoms with van der Waals surface area (Å²) in [5.74, 6) is 0.